The zero-order chi connectivity index (χ0) is 22.2. The summed E-state index contributed by atoms with van der Waals surface area (Å²) in [5, 5.41) is 0. The smallest absolute Gasteiger partial charge is 0.316 e. The molecule has 0 saturated carbocycles. The maximum atomic E-state index is 12.4. The highest BCUT2D eigenvalue weighted by Gasteiger charge is 2.28. The Morgan fingerprint density at radius 1 is 0.800 bits per heavy atom. The maximum absolute atomic E-state index is 12.4. The van der Waals surface area contributed by atoms with E-state index in [1.165, 1.54) is 0 Å². The first-order valence-electron chi connectivity index (χ1n) is 10.7. The summed E-state index contributed by atoms with van der Waals surface area (Å²) in [6.07, 6.45) is 3.08. The van der Waals surface area contributed by atoms with Crippen LogP contribution in [-0.2, 0) is 16.0 Å². The van der Waals surface area contributed by atoms with Crippen LogP contribution >= 0.6 is 24.0 Å². The molecule has 0 heterocycles. The fraction of sp³-hybridized carbons (Fsp3) is 0.667. The SMILES string of the molecule is CCCN(CCC)CCc1ccc(OC(=O)C(C)(C)C)c(OC(=O)C(C)(C)C)c1.I. The van der Waals surface area contributed by atoms with Gasteiger partial charge in [0.2, 0.25) is 0 Å². The van der Waals surface area contributed by atoms with Crippen LogP contribution in [0.2, 0.25) is 0 Å². The molecule has 6 heteroatoms. The van der Waals surface area contributed by atoms with Crippen LogP contribution in [0.1, 0.15) is 73.8 Å². The first-order chi connectivity index (χ1) is 13.4. The first-order valence-corrected chi connectivity index (χ1v) is 10.7. The summed E-state index contributed by atoms with van der Waals surface area (Å²) in [4.78, 5) is 27.2. The molecule has 0 aliphatic rings. The van der Waals surface area contributed by atoms with Gasteiger partial charge in [-0.05, 0) is 91.6 Å². The topological polar surface area (TPSA) is 55.8 Å². The van der Waals surface area contributed by atoms with Gasteiger partial charge in [-0.2, -0.15) is 0 Å². The van der Waals surface area contributed by atoms with Crippen molar-refractivity contribution < 1.29 is 19.1 Å². The minimum absolute atomic E-state index is 0. The van der Waals surface area contributed by atoms with Gasteiger partial charge in [-0.15, -0.1) is 24.0 Å². The predicted octanol–water partition coefficient (Wildman–Crippen LogP) is 5.87. The van der Waals surface area contributed by atoms with Crippen molar-refractivity contribution in [2.24, 2.45) is 10.8 Å². The van der Waals surface area contributed by atoms with Gasteiger partial charge in [-0.1, -0.05) is 19.9 Å². The molecular formula is C24H40INO4. The molecule has 172 valence electrons. The quantitative estimate of drug-likeness (QED) is 0.226. The number of carbonyl (C=O) groups is 2. The van der Waals surface area contributed by atoms with E-state index in [4.69, 9.17) is 9.47 Å². The fourth-order valence-electron chi connectivity index (χ4n) is 2.63. The van der Waals surface area contributed by atoms with Crippen molar-refractivity contribution in [3.05, 3.63) is 23.8 Å². The normalized spacial score (nSPS) is 11.8. The Morgan fingerprint density at radius 3 is 1.70 bits per heavy atom. The monoisotopic (exact) mass is 533 g/mol. The molecule has 0 fully saturated rings. The van der Waals surface area contributed by atoms with Gasteiger partial charge in [0.15, 0.2) is 11.5 Å². The Labute approximate surface area is 199 Å². The van der Waals surface area contributed by atoms with Gasteiger partial charge in [0.1, 0.15) is 0 Å². The van der Waals surface area contributed by atoms with Crippen LogP contribution in [0, 0.1) is 10.8 Å². The fourth-order valence-corrected chi connectivity index (χ4v) is 2.63. The number of nitrogens with zero attached hydrogens (tertiary/aromatic N) is 1. The lowest BCUT2D eigenvalue weighted by Crippen LogP contribution is -2.28. The van der Waals surface area contributed by atoms with Gasteiger partial charge < -0.3 is 14.4 Å². The Kier molecular flexibility index (Phi) is 12.2. The van der Waals surface area contributed by atoms with Crippen molar-refractivity contribution in [2.45, 2.75) is 74.7 Å². The summed E-state index contributed by atoms with van der Waals surface area (Å²) < 4.78 is 11.2. The van der Waals surface area contributed by atoms with Crippen LogP contribution in [-0.4, -0.2) is 36.5 Å². The van der Waals surface area contributed by atoms with E-state index in [-0.39, 0.29) is 41.7 Å². The van der Waals surface area contributed by atoms with E-state index < -0.39 is 10.8 Å². The number of esters is 2. The van der Waals surface area contributed by atoms with Crippen molar-refractivity contribution >= 4 is 35.9 Å². The maximum Gasteiger partial charge on any atom is 0.316 e. The Balaban J connectivity index is 0.00000841. The Morgan fingerprint density at radius 2 is 1.27 bits per heavy atom. The molecule has 1 aromatic carbocycles. The van der Waals surface area contributed by atoms with Crippen molar-refractivity contribution in [3.63, 3.8) is 0 Å². The van der Waals surface area contributed by atoms with Gasteiger partial charge in [0.05, 0.1) is 10.8 Å². The zero-order valence-electron chi connectivity index (χ0n) is 20.0. The van der Waals surface area contributed by atoms with Crippen LogP contribution in [0.15, 0.2) is 18.2 Å². The number of benzene rings is 1. The van der Waals surface area contributed by atoms with E-state index in [1.54, 1.807) is 47.6 Å². The molecule has 0 aliphatic heterocycles. The van der Waals surface area contributed by atoms with E-state index in [1.807, 2.05) is 12.1 Å². The van der Waals surface area contributed by atoms with E-state index in [0.29, 0.717) is 5.75 Å². The summed E-state index contributed by atoms with van der Waals surface area (Å²) >= 11 is 0. The summed E-state index contributed by atoms with van der Waals surface area (Å²) in [5.41, 5.74) is -0.250. The summed E-state index contributed by atoms with van der Waals surface area (Å²) in [5.74, 6) is -0.139. The summed E-state index contributed by atoms with van der Waals surface area (Å²) in [6, 6.07) is 5.50. The molecule has 30 heavy (non-hydrogen) atoms. The van der Waals surface area contributed by atoms with Crippen molar-refractivity contribution in [1.29, 1.82) is 0 Å². The van der Waals surface area contributed by atoms with Gasteiger partial charge in [0.25, 0.3) is 0 Å². The largest absolute Gasteiger partial charge is 0.422 e. The minimum Gasteiger partial charge on any atom is -0.422 e. The highest BCUT2D eigenvalue weighted by atomic mass is 127. The van der Waals surface area contributed by atoms with Crippen LogP contribution in [0.3, 0.4) is 0 Å². The average molecular weight is 533 g/mol. The lowest BCUT2D eigenvalue weighted by Gasteiger charge is -2.22. The molecule has 0 spiro atoms. The Bertz CT molecular complexity index is 683. The molecule has 0 atom stereocenters. The second-order valence-electron chi connectivity index (χ2n) is 9.65. The van der Waals surface area contributed by atoms with Crippen LogP contribution in [0.4, 0.5) is 0 Å². The average Bonchev–Trinajstić information content (AvgIpc) is 2.60. The van der Waals surface area contributed by atoms with Crippen LogP contribution in [0.25, 0.3) is 0 Å². The number of rotatable bonds is 9. The third kappa shape index (κ3) is 9.77. The lowest BCUT2D eigenvalue weighted by atomic mass is 9.97. The molecule has 0 aliphatic carbocycles. The van der Waals surface area contributed by atoms with Crippen molar-refractivity contribution in [2.75, 3.05) is 19.6 Å². The molecule has 0 radical (unpaired) electrons. The highest BCUT2D eigenvalue weighted by molar-refractivity contribution is 14.0. The highest BCUT2D eigenvalue weighted by Crippen LogP contribution is 2.32. The molecular weight excluding hydrogens is 493 g/mol. The number of carbonyl (C=O) groups excluding carboxylic acids is 2. The van der Waals surface area contributed by atoms with Gasteiger partial charge >= 0.3 is 11.9 Å². The molecule has 0 saturated heterocycles. The first kappa shape index (κ1) is 28.9. The van der Waals surface area contributed by atoms with Gasteiger partial charge in [-0.25, -0.2) is 0 Å². The van der Waals surface area contributed by atoms with Crippen LogP contribution in [0.5, 0.6) is 11.5 Å². The van der Waals surface area contributed by atoms with Gasteiger partial charge in [-0.3, -0.25) is 9.59 Å². The summed E-state index contributed by atoms with van der Waals surface area (Å²) in [7, 11) is 0. The van der Waals surface area contributed by atoms with E-state index in [0.717, 1.165) is 44.5 Å². The second-order valence-corrected chi connectivity index (χ2v) is 9.65. The van der Waals surface area contributed by atoms with Crippen LogP contribution < -0.4 is 9.47 Å². The predicted molar refractivity (Wildman–Crippen MR) is 133 cm³/mol. The zero-order valence-corrected chi connectivity index (χ0v) is 22.3. The molecule has 1 aromatic rings. The third-order valence-corrected chi connectivity index (χ3v) is 4.43. The second kappa shape index (κ2) is 12.6. The molecule has 5 nitrogen and oxygen atoms in total. The van der Waals surface area contributed by atoms with E-state index in [2.05, 4.69) is 18.7 Å². The standard InChI is InChI=1S/C24H39NO4.HI/c1-9-14-25(15-10-2)16-13-18-11-12-19(28-21(26)23(3,4)5)20(17-18)29-22(27)24(6,7)8;/h11-12,17H,9-10,13-16H2,1-8H3;1H. The molecule has 0 bridgehead atoms. The molecule has 0 N–H and O–H groups in total. The minimum atomic E-state index is -0.652. The van der Waals surface area contributed by atoms with E-state index >= 15 is 0 Å². The Hall–Kier alpha value is -1.15. The lowest BCUT2D eigenvalue weighted by molar-refractivity contribution is -0.145. The van der Waals surface area contributed by atoms with Crippen molar-refractivity contribution in [3.8, 4) is 11.5 Å². The van der Waals surface area contributed by atoms with Gasteiger partial charge in [0, 0.05) is 6.54 Å². The summed E-state index contributed by atoms with van der Waals surface area (Å²) in [6.45, 7) is 18.2. The van der Waals surface area contributed by atoms with Crippen molar-refractivity contribution in [1.82, 2.24) is 4.90 Å². The third-order valence-electron chi connectivity index (χ3n) is 4.43. The number of ether oxygens (including phenoxy) is 2. The van der Waals surface area contributed by atoms with E-state index in [9.17, 15) is 9.59 Å². The molecule has 0 amide bonds. The molecule has 1 rings (SSSR count). The number of hydrogen-bond acceptors (Lipinski definition) is 5. The number of halogens is 1. The number of hydrogen-bond donors (Lipinski definition) is 0. The molecule has 0 unspecified atom stereocenters. The molecule has 0 aromatic heterocycles.